The largest absolute Gasteiger partial charge is 0.511 e. The number of furan rings is 1. The number of rotatable bonds is 10. The van der Waals surface area contributed by atoms with Gasteiger partial charge in [-0.15, -0.1) is 0 Å². The Morgan fingerprint density at radius 3 is 2.81 bits per heavy atom. The molecule has 31 heavy (non-hydrogen) atoms. The quantitative estimate of drug-likeness (QED) is 0.538. The third-order valence-electron chi connectivity index (χ3n) is 5.04. The maximum absolute atomic E-state index is 12.0. The highest BCUT2D eigenvalue weighted by Gasteiger charge is 2.19. The summed E-state index contributed by atoms with van der Waals surface area (Å²) in [6.45, 7) is 3.00. The molecule has 1 fully saturated rings. The highest BCUT2D eigenvalue weighted by molar-refractivity contribution is 7.91. The van der Waals surface area contributed by atoms with Crippen molar-refractivity contribution in [3.05, 3.63) is 65.6 Å². The Morgan fingerprint density at radius 1 is 1.26 bits per heavy atom. The number of carbonyl (C=O) groups is 1. The molecule has 0 radical (unpaired) electrons. The topological polar surface area (TPSA) is 113 Å². The zero-order chi connectivity index (χ0) is 22.1. The highest BCUT2D eigenvalue weighted by Crippen LogP contribution is 2.13. The Morgan fingerprint density at radius 2 is 2.06 bits per heavy atom. The van der Waals surface area contributed by atoms with E-state index in [1.807, 2.05) is 12.1 Å². The van der Waals surface area contributed by atoms with Crippen LogP contribution in [0.1, 0.15) is 36.3 Å². The Hall–Kier alpha value is -2.65. The summed E-state index contributed by atoms with van der Waals surface area (Å²) in [7, 11) is -3.64. The SMILES string of the molecule is O=C(CS(=O)(=O)Cc1ccco1)NCC(O)=CCc1cc(CN2CCCCC2)ccn1. The number of amides is 1. The zero-order valence-electron chi connectivity index (χ0n) is 17.5. The monoisotopic (exact) mass is 447 g/mol. The van der Waals surface area contributed by atoms with E-state index in [-0.39, 0.29) is 23.8 Å². The number of aliphatic hydroxyl groups excluding tert-OH is 1. The van der Waals surface area contributed by atoms with Crippen LogP contribution in [0.2, 0.25) is 0 Å². The van der Waals surface area contributed by atoms with Crippen LogP contribution in [-0.2, 0) is 33.4 Å². The molecule has 0 saturated carbocycles. The normalized spacial score (nSPS) is 15.7. The second kappa shape index (κ2) is 11.1. The molecule has 0 spiro atoms. The summed E-state index contributed by atoms with van der Waals surface area (Å²) in [6.07, 6.45) is 8.93. The lowest BCUT2D eigenvalue weighted by Gasteiger charge is -2.26. The van der Waals surface area contributed by atoms with Gasteiger partial charge in [-0.1, -0.05) is 6.42 Å². The standard InChI is InChI=1S/C22H29N3O5S/c26-20(14-24-22(27)17-31(28,29)16-21-5-4-12-30-21)7-6-19-13-18(8-9-23-19)15-25-10-2-1-3-11-25/h4-5,7-9,12-13,26H,1-3,6,10-11,14-17H2,(H,24,27). The van der Waals surface area contributed by atoms with Crippen LogP contribution < -0.4 is 5.32 Å². The predicted octanol–water partition coefficient (Wildman–Crippen LogP) is 2.38. The highest BCUT2D eigenvalue weighted by atomic mass is 32.2. The van der Waals surface area contributed by atoms with Gasteiger partial charge in [0.15, 0.2) is 9.84 Å². The van der Waals surface area contributed by atoms with Crippen LogP contribution in [0.3, 0.4) is 0 Å². The average Bonchev–Trinajstić information content (AvgIpc) is 3.23. The molecule has 2 aromatic heterocycles. The molecule has 2 aromatic rings. The van der Waals surface area contributed by atoms with Gasteiger partial charge in [0.25, 0.3) is 0 Å². The van der Waals surface area contributed by atoms with E-state index >= 15 is 0 Å². The molecule has 0 aliphatic carbocycles. The molecule has 0 atom stereocenters. The zero-order valence-corrected chi connectivity index (χ0v) is 18.3. The van der Waals surface area contributed by atoms with Gasteiger partial charge in [0.05, 0.1) is 12.8 Å². The Bertz CT molecular complexity index is 980. The molecule has 1 aliphatic rings. The predicted molar refractivity (Wildman–Crippen MR) is 117 cm³/mol. The van der Waals surface area contributed by atoms with Crippen molar-refractivity contribution in [1.82, 2.24) is 15.2 Å². The van der Waals surface area contributed by atoms with Crippen molar-refractivity contribution >= 4 is 15.7 Å². The second-order valence-corrected chi connectivity index (χ2v) is 9.84. The lowest BCUT2D eigenvalue weighted by molar-refractivity contribution is -0.118. The summed E-state index contributed by atoms with van der Waals surface area (Å²) >= 11 is 0. The number of piperidine rings is 1. The van der Waals surface area contributed by atoms with E-state index in [1.54, 1.807) is 24.4 Å². The van der Waals surface area contributed by atoms with E-state index in [4.69, 9.17) is 4.42 Å². The molecular formula is C22H29N3O5S. The van der Waals surface area contributed by atoms with E-state index in [1.165, 1.54) is 31.1 Å². The minimum absolute atomic E-state index is 0.0417. The van der Waals surface area contributed by atoms with Crippen molar-refractivity contribution in [3.63, 3.8) is 0 Å². The number of sulfone groups is 1. The summed E-state index contributed by atoms with van der Waals surface area (Å²) in [4.78, 5) is 18.7. The third kappa shape index (κ3) is 8.18. The first-order valence-corrected chi connectivity index (χ1v) is 12.3. The van der Waals surface area contributed by atoms with Crippen LogP contribution in [0.5, 0.6) is 0 Å². The number of pyridine rings is 1. The number of aromatic nitrogens is 1. The molecule has 2 N–H and O–H groups in total. The van der Waals surface area contributed by atoms with Crippen LogP contribution in [0.25, 0.3) is 0 Å². The minimum atomic E-state index is -3.64. The molecule has 0 unspecified atom stereocenters. The third-order valence-corrected chi connectivity index (χ3v) is 6.47. The van der Waals surface area contributed by atoms with Gasteiger partial charge >= 0.3 is 0 Å². The Kier molecular flexibility index (Phi) is 8.25. The first-order chi connectivity index (χ1) is 14.9. The lowest BCUT2D eigenvalue weighted by Crippen LogP contribution is -2.32. The van der Waals surface area contributed by atoms with Crippen LogP contribution >= 0.6 is 0 Å². The minimum Gasteiger partial charge on any atom is -0.511 e. The molecule has 168 valence electrons. The van der Waals surface area contributed by atoms with E-state index in [0.29, 0.717) is 6.42 Å². The van der Waals surface area contributed by atoms with Crippen LogP contribution in [0.4, 0.5) is 0 Å². The number of hydrogen-bond acceptors (Lipinski definition) is 7. The van der Waals surface area contributed by atoms with Gasteiger partial charge in [-0.3, -0.25) is 14.7 Å². The van der Waals surface area contributed by atoms with Crippen molar-refractivity contribution in [1.29, 1.82) is 0 Å². The van der Waals surface area contributed by atoms with Gasteiger partial charge in [0.2, 0.25) is 5.91 Å². The molecule has 1 amide bonds. The number of carbonyl (C=O) groups excluding carboxylic acids is 1. The van der Waals surface area contributed by atoms with Crippen molar-refractivity contribution in [3.8, 4) is 0 Å². The Labute approximate surface area is 182 Å². The average molecular weight is 448 g/mol. The fourth-order valence-electron chi connectivity index (χ4n) is 3.51. The lowest BCUT2D eigenvalue weighted by atomic mass is 10.1. The summed E-state index contributed by atoms with van der Waals surface area (Å²) < 4.78 is 29.1. The molecule has 0 aromatic carbocycles. The fourth-order valence-corrected chi connectivity index (χ4v) is 4.71. The van der Waals surface area contributed by atoms with Crippen molar-refractivity contribution in [2.45, 2.75) is 38.0 Å². The summed E-state index contributed by atoms with van der Waals surface area (Å²) in [5, 5.41) is 12.5. The van der Waals surface area contributed by atoms with Crippen LogP contribution in [-0.4, -0.2) is 54.7 Å². The van der Waals surface area contributed by atoms with Gasteiger partial charge in [0.1, 0.15) is 23.0 Å². The van der Waals surface area contributed by atoms with Crippen molar-refractivity contribution < 1.29 is 22.7 Å². The van der Waals surface area contributed by atoms with E-state index in [0.717, 1.165) is 25.3 Å². The first-order valence-electron chi connectivity index (χ1n) is 10.4. The van der Waals surface area contributed by atoms with E-state index in [9.17, 15) is 18.3 Å². The molecule has 3 heterocycles. The number of aliphatic hydroxyl groups is 1. The van der Waals surface area contributed by atoms with Gasteiger partial charge < -0.3 is 14.8 Å². The molecule has 3 rings (SSSR count). The maximum atomic E-state index is 12.0. The molecule has 0 bridgehead atoms. The fraction of sp³-hybridized carbons (Fsp3) is 0.455. The molecule has 9 heteroatoms. The van der Waals surface area contributed by atoms with E-state index < -0.39 is 21.5 Å². The Balaban J connectivity index is 1.44. The van der Waals surface area contributed by atoms with Gasteiger partial charge in [0, 0.05) is 24.9 Å². The number of nitrogens with one attached hydrogen (secondary N) is 1. The first kappa shape index (κ1) is 23.0. The summed E-state index contributed by atoms with van der Waals surface area (Å²) in [5.41, 5.74) is 2.02. The smallest absolute Gasteiger partial charge is 0.235 e. The van der Waals surface area contributed by atoms with Gasteiger partial charge in [-0.2, -0.15) is 0 Å². The van der Waals surface area contributed by atoms with Crippen LogP contribution in [0.15, 0.2) is 53.0 Å². The number of nitrogens with zero attached hydrogens (tertiary/aromatic N) is 2. The molecule has 1 saturated heterocycles. The van der Waals surface area contributed by atoms with Crippen molar-refractivity contribution in [2.24, 2.45) is 0 Å². The summed E-state index contributed by atoms with van der Waals surface area (Å²) in [6, 6.07) is 7.16. The van der Waals surface area contributed by atoms with Crippen molar-refractivity contribution in [2.75, 3.05) is 25.4 Å². The van der Waals surface area contributed by atoms with Gasteiger partial charge in [-0.05, 0) is 61.8 Å². The maximum Gasteiger partial charge on any atom is 0.235 e. The second-order valence-electron chi connectivity index (χ2n) is 7.78. The molecular weight excluding hydrogens is 418 g/mol. The summed E-state index contributed by atoms with van der Waals surface area (Å²) in [5.74, 6) is -1.44. The van der Waals surface area contributed by atoms with Gasteiger partial charge in [-0.25, -0.2) is 8.42 Å². The number of likely N-dealkylation sites (tertiary alicyclic amines) is 1. The number of allylic oxidation sites excluding steroid dienone is 1. The van der Waals surface area contributed by atoms with E-state index in [2.05, 4.69) is 15.2 Å². The van der Waals surface area contributed by atoms with Crippen LogP contribution in [0, 0.1) is 0 Å². The molecule has 8 nitrogen and oxygen atoms in total. The number of hydrogen-bond donors (Lipinski definition) is 2. The molecule has 1 aliphatic heterocycles.